The molecule has 0 aromatic carbocycles. The second kappa shape index (κ2) is 0.968. The molecule has 3 aliphatic rings. The maximum Gasteiger partial charge on any atom is 0.0470 e. The summed E-state index contributed by atoms with van der Waals surface area (Å²) in [5.41, 5.74) is 0.656. The van der Waals surface area contributed by atoms with Crippen molar-refractivity contribution in [3.05, 3.63) is 0 Å². The molecule has 3 aliphatic carbocycles. The molecule has 3 rings (SSSR count). The van der Waals surface area contributed by atoms with E-state index in [-0.39, 0.29) is 12.5 Å². The molecule has 1 heteroatoms. The minimum atomic E-state index is -0.389. The Balaban J connectivity index is 2.02. The summed E-state index contributed by atoms with van der Waals surface area (Å²) in [6.45, 7) is 0.104. The monoisotopic (exact) mass is 125 g/mol. The second-order valence-corrected chi connectivity index (χ2v) is 3.80. The van der Waals surface area contributed by atoms with Crippen LogP contribution in [0.2, 0.25) is 0 Å². The van der Waals surface area contributed by atoms with Crippen LogP contribution in [0.15, 0.2) is 0 Å². The Labute approximate surface area is 56.5 Å². The van der Waals surface area contributed by atoms with Crippen LogP contribution in [0.1, 0.15) is 27.1 Å². The van der Waals surface area contributed by atoms with E-state index in [4.69, 9.17) is 6.48 Å². The summed E-state index contributed by atoms with van der Waals surface area (Å²) in [5.74, 6) is -0.389. The minimum absolute atomic E-state index is 0.104. The lowest BCUT2D eigenvalue weighted by molar-refractivity contribution is 0.261. The van der Waals surface area contributed by atoms with Crippen molar-refractivity contribution >= 4 is 0 Å². The van der Waals surface area contributed by atoms with Gasteiger partial charge in [0.25, 0.3) is 0 Å². The molecule has 3 fully saturated rings. The average Bonchev–Trinajstić information content (AvgIpc) is 2.76. The lowest BCUT2D eigenvalue weighted by Gasteiger charge is -1.82. The van der Waals surface area contributed by atoms with Gasteiger partial charge < -0.3 is 5.11 Å². The van der Waals surface area contributed by atoms with Gasteiger partial charge in [-0.15, -0.1) is 0 Å². The Morgan fingerprint density at radius 3 is 1.89 bits per heavy atom. The van der Waals surface area contributed by atoms with Gasteiger partial charge in [-0.2, -0.15) is 0 Å². The minimum Gasteiger partial charge on any atom is -0.396 e. The summed E-state index contributed by atoms with van der Waals surface area (Å²) < 4.78 is 7.97. The summed E-state index contributed by atoms with van der Waals surface area (Å²) in [7, 11) is 0. The van der Waals surface area contributed by atoms with Crippen LogP contribution in [-0.4, -0.2) is 11.7 Å². The standard InChI is InChI=1S/C8H12O/c9-5-6-7(1-2-7)8(6)3-4-8/h6,9H,1-5H2/i6D. The van der Waals surface area contributed by atoms with Crippen LogP contribution in [0.25, 0.3) is 0 Å². The average molecular weight is 125 g/mol. The Hall–Kier alpha value is -0.0400. The normalized spacial score (nSPS) is 55.4. The molecule has 0 saturated heterocycles. The van der Waals surface area contributed by atoms with Crippen LogP contribution in [0.5, 0.6) is 0 Å². The van der Waals surface area contributed by atoms with Crippen molar-refractivity contribution in [1.82, 2.24) is 0 Å². The fourth-order valence-corrected chi connectivity index (χ4v) is 2.83. The molecule has 3 saturated carbocycles. The second-order valence-electron chi connectivity index (χ2n) is 3.80. The van der Waals surface area contributed by atoms with Gasteiger partial charge in [0.15, 0.2) is 0 Å². The Morgan fingerprint density at radius 1 is 1.33 bits per heavy atom. The van der Waals surface area contributed by atoms with Crippen LogP contribution < -0.4 is 0 Å². The van der Waals surface area contributed by atoms with E-state index < -0.39 is 0 Å². The van der Waals surface area contributed by atoms with E-state index in [2.05, 4.69) is 0 Å². The first kappa shape index (κ1) is 3.97. The van der Waals surface area contributed by atoms with Crippen LogP contribution in [0.3, 0.4) is 0 Å². The molecule has 0 amide bonds. The van der Waals surface area contributed by atoms with Crippen LogP contribution in [-0.2, 0) is 0 Å². The number of hydrogen-bond donors (Lipinski definition) is 1. The van der Waals surface area contributed by atoms with E-state index in [0.29, 0.717) is 10.8 Å². The molecule has 9 heavy (non-hydrogen) atoms. The highest BCUT2D eigenvalue weighted by molar-refractivity contribution is 5.34. The molecule has 0 bridgehead atoms. The van der Waals surface area contributed by atoms with Gasteiger partial charge in [-0.25, -0.2) is 0 Å². The Morgan fingerprint density at radius 2 is 1.78 bits per heavy atom. The van der Waals surface area contributed by atoms with Gasteiger partial charge >= 0.3 is 0 Å². The van der Waals surface area contributed by atoms with E-state index in [0.717, 1.165) is 0 Å². The highest BCUT2D eigenvalue weighted by Crippen LogP contribution is 2.92. The third-order valence-electron chi connectivity index (χ3n) is 3.67. The van der Waals surface area contributed by atoms with E-state index >= 15 is 0 Å². The molecule has 50 valence electrons. The maximum atomic E-state index is 9.03. The zero-order valence-corrected chi connectivity index (χ0v) is 5.48. The molecule has 0 aromatic heterocycles. The van der Waals surface area contributed by atoms with Gasteiger partial charge in [-0.3, -0.25) is 0 Å². The van der Waals surface area contributed by atoms with Crippen LogP contribution in [0, 0.1) is 16.7 Å². The number of aliphatic hydroxyl groups is 1. The van der Waals surface area contributed by atoms with E-state index in [1.807, 2.05) is 0 Å². The summed E-state index contributed by atoms with van der Waals surface area (Å²) >= 11 is 0. The predicted molar refractivity (Wildman–Crippen MR) is 33.9 cm³/mol. The zero-order chi connectivity index (χ0) is 7.04. The van der Waals surface area contributed by atoms with Crippen molar-refractivity contribution in [3.8, 4) is 0 Å². The summed E-state index contributed by atoms with van der Waals surface area (Å²) in [4.78, 5) is 0. The van der Waals surface area contributed by atoms with Gasteiger partial charge in [0.05, 0.1) is 0 Å². The van der Waals surface area contributed by atoms with Gasteiger partial charge in [-0.1, -0.05) is 0 Å². The Bertz CT molecular complexity index is 185. The van der Waals surface area contributed by atoms with E-state index in [9.17, 15) is 0 Å². The largest absolute Gasteiger partial charge is 0.396 e. The summed E-state index contributed by atoms with van der Waals surface area (Å²) in [5, 5.41) is 9.03. The van der Waals surface area contributed by atoms with Crippen molar-refractivity contribution in [2.24, 2.45) is 16.7 Å². The molecule has 0 radical (unpaired) electrons. The first-order valence-corrected chi connectivity index (χ1v) is 3.83. The molecule has 0 atom stereocenters. The molecule has 0 aliphatic heterocycles. The number of fused-ring (bicyclic) bond motifs is 1. The fraction of sp³-hybridized carbons (Fsp3) is 1.00. The first-order valence-electron chi connectivity index (χ1n) is 4.33. The van der Waals surface area contributed by atoms with Crippen LogP contribution in [0.4, 0.5) is 0 Å². The van der Waals surface area contributed by atoms with Crippen molar-refractivity contribution in [2.75, 3.05) is 6.61 Å². The van der Waals surface area contributed by atoms with E-state index in [1.54, 1.807) is 0 Å². The topological polar surface area (TPSA) is 20.2 Å². The van der Waals surface area contributed by atoms with Crippen molar-refractivity contribution in [3.63, 3.8) is 0 Å². The first-order chi connectivity index (χ1) is 4.72. The maximum absolute atomic E-state index is 9.03. The summed E-state index contributed by atoms with van der Waals surface area (Å²) in [6, 6.07) is 0. The highest BCUT2D eigenvalue weighted by atomic mass is 16.3. The Kier molecular flexibility index (Phi) is 0.427. The van der Waals surface area contributed by atoms with Crippen molar-refractivity contribution in [2.45, 2.75) is 25.7 Å². The van der Waals surface area contributed by atoms with Crippen molar-refractivity contribution < 1.29 is 6.48 Å². The molecular formula is C8H12O. The van der Waals surface area contributed by atoms with Gasteiger partial charge in [0.2, 0.25) is 0 Å². The summed E-state index contributed by atoms with van der Waals surface area (Å²) in [6.07, 6.45) is 4.88. The number of hydrogen-bond acceptors (Lipinski definition) is 1. The molecular weight excluding hydrogens is 112 g/mol. The van der Waals surface area contributed by atoms with Crippen molar-refractivity contribution in [1.29, 1.82) is 0 Å². The third-order valence-corrected chi connectivity index (χ3v) is 3.67. The number of rotatable bonds is 1. The molecule has 0 unspecified atom stereocenters. The van der Waals surface area contributed by atoms with Crippen LogP contribution >= 0.6 is 0 Å². The molecule has 2 spiro atoms. The van der Waals surface area contributed by atoms with Gasteiger partial charge in [0, 0.05) is 7.98 Å². The smallest absolute Gasteiger partial charge is 0.0470 e. The van der Waals surface area contributed by atoms with Gasteiger partial charge in [0.1, 0.15) is 0 Å². The van der Waals surface area contributed by atoms with Gasteiger partial charge in [-0.05, 0) is 42.4 Å². The lowest BCUT2D eigenvalue weighted by Crippen LogP contribution is -1.87. The van der Waals surface area contributed by atoms with E-state index in [1.165, 1.54) is 25.7 Å². The molecule has 0 heterocycles. The lowest BCUT2D eigenvalue weighted by atomic mass is 10.3. The molecule has 1 N–H and O–H groups in total. The quantitative estimate of drug-likeness (QED) is 0.557. The molecule has 0 aromatic rings. The third kappa shape index (κ3) is 0.295. The molecule has 1 nitrogen and oxygen atoms in total. The fourth-order valence-electron chi connectivity index (χ4n) is 2.83. The highest BCUT2D eigenvalue weighted by Gasteiger charge is 2.85. The zero-order valence-electron chi connectivity index (χ0n) is 6.48. The predicted octanol–water partition coefficient (Wildman–Crippen LogP) is 1.17. The SMILES string of the molecule is [2H]C1(CO)C2(CC2)C12CC2. The number of aliphatic hydroxyl groups excluding tert-OH is 1.